The molecule has 9 nitrogen and oxygen atoms in total. The maximum Gasteiger partial charge on any atom is 0.248 e. The van der Waals surface area contributed by atoms with Crippen LogP contribution < -0.4 is 15.7 Å². The summed E-state index contributed by atoms with van der Waals surface area (Å²) in [5.74, 6) is -2.26. The van der Waals surface area contributed by atoms with E-state index in [9.17, 15) is 23.2 Å². The van der Waals surface area contributed by atoms with Crippen LogP contribution in [0.1, 0.15) is 51.4 Å². The molecule has 10 heteroatoms. The van der Waals surface area contributed by atoms with Crippen LogP contribution in [0.15, 0.2) is 41.3 Å². The molecule has 2 atom stereocenters. The molecule has 2 aliphatic rings. The van der Waals surface area contributed by atoms with E-state index in [0.717, 1.165) is 56.0 Å². The zero-order chi connectivity index (χ0) is 28.0. The predicted octanol–water partition coefficient (Wildman–Crippen LogP) is 3.56. The highest BCUT2D eigenvalue weighted by Gasteiger charge is 2.38. The van der Waals surface area contributed by atoms with Crippen molar-refractivity contribution < 1.29 is 23.2 Å². The first-order valence-corrected chi connectivity index (χ1v) is 15.7. The van der Waals surface area contributed by atoms with Crippen molar-refractivity contribution in [2.75, 3.05) is 44.5 Å². The summed E-state index contributed by atoms with van der Waals surface area (Å²) in [6.07, 6.45) is 7.81. The summed E-state index contributed by atoms with van der Waals surface area (Å²) in [5.41, 5.74) is 2.66. The molecule has 0 bridgehead atoms. The summed E-state index contributed by atoms with van der Waals surface area (Å²) in [4.78, 5) is 30.6. The Labute approximate surface area is 231 Å². The second-order valence-electron chi connectivity index (χ2n) is 11.2. The van der Waals surface area contributed by atoms with Crippen molar-refractivity contribution in [2.24, 2.45) is 17.8 Å². The monoisotopic (exact) mass is 558 g/mol. The van der Waals surface area contributed by atoms with Crippen molar-refractivity contribution in [2.45, 2.75) is 56.3 Å². The highest BCUT2D eigenvalue weighted by atomic mass is 32.2. The number of anilines is 1. The molecule has 1 saturated heterocycles. The number of carbonyl (C=O) groups is 2. The Hall–Kier alpha value is -2.69. The lowest BCUT2D eigenvalue weighted by atomic mass is 9.81. The minimum atomic E-state index is -3.77. The van der Waals surface area contributed by atoms with Crippen LogP contribution in [0.2, 0.25) is 0 Å². The number of nitrogens with zero attached hydrogens (tertiary/aromatic N) is 2. The van der Waals surface area contributed by atoms with Gasteiger partial charge in [-0.1, -0.05) is 49.9 Å². The van der Waals surface area contributed by atoms with Gasteiger partial charge in [0.1, 0.15) is 5.88 Å². The van der Waals surface area contributed by atoms with Crippen LogP contribution >= 0.6 is 0 Å². The van der Waals surface area contributed by atoms with E-state index < -0.39 is 27.6 Å². The van der Waals surface area contributed by atoms with Crippen molar-refractivity contribution >= 4 is 38.1 Å². The average molecular weight is 559 g/mol. The number of sulfone groups is 1. The molecule has 0 aromatic heterocycles. The number of benzene rings is 2. The quantitative estimate of drug-likeness (QED) is 0.285. The molecule has 2 fully saturated rings. The maximum absolute atomic E-state index is 13.7. The number of rotatable bonds is 11. The molecule has 2 aromatic rings. The molecule has 214 valence electrons. The van der Waals surface area contributed by atoms with Crippen LogP contribution in [0, 0.1) is 17.8 Å². The Morgan fingerprint density at radius 3 is 2.31 bits per heavy atom. The van der Waals surface area contributed by atoms with Gasteiger partial charge in [0.25, 0.3) is 0 Å². The third-order valence-electron chi connectivity index (χ3n) is 8.31. The minimum Gasteiger partial charge on any atom is -0.377 e. The number of carbonyl (C=O) groups excluding carboxylic acids is 2. The Morgan fingerprint density at radius 1 is 0.974 bits per heavy atom. The predicted molar refractivity (Wildman–Crippen MR) is 152 cm³/mol. The van der Waals surface area contributed by atoms with Crippen LogP contribution in [-0.2, 0) is 19.4 Å². The largest absolute Gasteiger partial charge is 0.377 e. The second-order valence-corrected chi connectivity index (χ2v) is 13.2. The third-order valence-corrected chi connectivity index (χ3v) is 9.92. The van der Waals surface area contributed by atoms with E-state index in [2.05, 4.69) is 5.32 Å². The lowest BCUT2D eigenvalue weighted by Gasteiger charge is -2.34. The molecular formula is C29H42N4O5S. The molecule has 1 saturated carbocycles. The van der Waals surface area contributed by atoms with Gasteiger partial charge in [-0.15, -0.1) is 0 Å². The summed E-state index contributed by atoms with van der Waals surface area (Å²) in [5, 5.41) is 14.0. The van der Waals surface area contributed by atoms with Crippen molar-refractivity contribution in [3.05, 3.63) is 36.4 Å². The number of hydrogen-bond acceptors (Lipinski definition) is 7. The van der Waals surface area contributed by atoms with Gasteiger partial charge in [0.2, 0.25) is 11.8 Å². The zero-order valence-corrected chi connectivity index (χ0v) is 23.9. The maximum atomic E-state index is 13.7. The highest BCUT2D eigenvalue weighted by Crippen LogP contribution is 2.35. The fourth-order valence-corrected chi connectivity index (χ4v) is 7.59. The van der Waals surface area contributed by atoms with Gasteiger partial charge in [0.15, 0.2) is 9.84 Å². The standard InChI is InChI=1S/C29H42N4O5S/c1-32(2)26-14-8-13-23-22(26)12-9-15-27(23)39(37,38)20-30-19-25(28(34)31-36)24(18-21-10-4-5-11-21)29(35)33-16-6-3-7-17-33/h8-9,12-15,21,24-25,30,36H,3-7,10-11,16-20H2,1-2H3,(H,31,34). The number of nitrogens with one attached hydrogen (secondary N) is 2. The van der Waals surface area contributed by atoms with E-state index >= 15 is 0 Å². The molecule has 39 heavy (non-hydrogen) atoms. The topological polar surface area (TPSA) is 119 Å². The molecule has 2 amide bonds. The number of hydrogen-bond donors (Lipinski definition) is 3. The van der Waals surface area contributed by atoms with Gasteiger partial charge in [-0.05, 0) is 43.7 Å². The molecule has 3 N–H and O–H groups in total. The van der Waals surface area contributed by atoms with Crippen LogP contribution in [0.3, 0.4) is 0 Å². The van der Waals surface area contributed by atoms with Crippen molar-refractivity contribution in [1.29, 1.82) is 0 Å². The first kappa shape index (κ1) is 29.3. The van der Waals surface area contributed by atoms with Crippen LogP contribution in [0.5, 0.6) is 0 Å². The van der Waals surface area contributed by atoms with Gasteiger partial charge in [-0.2, -0.15) is 0 Å². The Kier molecular flexibility index (Phi) is 9.85. The molecule has 2 unspecified atom stereocenters. The molecule has 2 aromatic carbocycles. The lowest BCUT2D eigenvalue weighted by Crippen LogP contribution is -2.49. The minimum absolute atomic E-state index is 0.0314. The Bertz CT molecular complexity index is 1250. The SMILES string of the molecule is CN(C)c1cccc2c(S(=O)(=O)CNCC(C(=O)NO)C(CC3CCCC3)C(=O)N3CCCCC3)cccc12. The number of piperidine rings is 1. The first-order valence-electron chi connectivity index (χ1n) is 14.1. The molecule has 0 spiro atoms. The number of amides is 2. The summed E-state index contributed by atoms with van der Waals surface area (Å²) < 4.78 is 27.0. The van der Waals surface area contributed by atoms with Gasteiger partial charge in [0, 0.05) is 50.2 Å². The van der Waals surface area contributed by atoms with E-state index in [1.54, 1.807) is 23.7 Å². The van der Waals surface area contributed by atoms with Gasteiger partial charge < -0.3 is 15.1 Å². The van der Waals surface area contributed by atoms with Crippen LogP contribution in [-0.4, -0.2) is 69.9 Å². The smallest absolute Gasteiger partial charge is 0.248 e. The van der Waals surface area contributed by atoms with E-state index in [1.807, 2.05) is 42.1 Å². The normalized spacial score (nSPS) is 18.2. The number of fused-ring (bicyclic) bond motifs is 1. The van der Waals surface area contributed by atoms with E-state index in [1.165, 1.54) is 0 Å². The van der Waals surface area contributed by atoms with Crippen molar-refractivity contribution in [1.82, 2.24) is 15.7 Å². The summed E-state index contributed by atoms with van der Waals surface area (Å²) >= 11 is 0. The van der Waals surface area contributed by atoms with E-state index in [-0.39, 0.29) is 23.2 Å². The zero-order valence-electron chi connectivity index (χ0n) is 23.1. The number of likely N-dealkylation sites (tertiary alicyclic amines) is 1. The van der Waals surface area contributed by atoms with Crippen LogP contribution in [0.4, 0.5) is 5.69 Å². The fourth-order valence-electron chi connectivity index (χ4n) is 6.24. The second kappa shape index (κ2) is 13.1. The summed E-state index contributed by atoms with van der Waals surface area (Å²) in [6.45, 7) is 1.31. The third kappa shape index (κ3) is 6.91. The van der Waals surface area contributed by atoms with Crippen molar-refractivity contribution in [3.63, 3.8) is 0 Å². The van der Waals surface area contributed by atoms with E-state index in [0.29, 0.717) is 30.8 Å². The first-order chi connectivity index (χ1) is 18.7. The summed E-state index contributed by atoms with van der Waals surface area (Å²) in [7, 11) is 0.0620. The number of hydroxylamine groups is 1. The van der Waals surface area contributed by atoms with Gasteiger partial charge >= 0.3 is 0 Å². The fraction of sp³-hybridized carbons (Fsp3) is 0.586. The van der Waals surface area contributed by atoms with Crippen LogP contribution in [0.25, 0.3) is 10.8 Å². The Balaban J connectivity index is 1.54. The highest BCUT2D eigenvalue weighted by molar-refractivity contribution is 7.91. The van der Waals surface area contributed by atoms with Gasteiger partial charge in [-0.25, -0.2) is 13.9 Å². The molecule has 1 aliphatic heterocycles. The van der Waals surface area contributed by atoms with Gasteiger partial charge in [-0.3, -0.25) is 14.8 Å². The Morgan fingerprint density at radius 2 is 1.64 bits per heavy atom. The van der Waals surface area contributed by atoms with Gasteiger partial charge in [0.05, 0.1) is 16.7 Å². The molecule has 1 aliphatic carbocycles. The van der Waals surface area contributed by atoms with E-state index in [4.69, 9.17) is 0 Å². The molecule has 0 radical (unpaired) electrons. The molecule has 4 rings (SSSR count). The molecule has 1 heterocycles. The average Bonchev–Trinajstić information content (AvgIpc) is 3.46. The van der Waals surface area contributed by atoms with Crippen molar-refractivity contribution in [3.8, 4) is 0 Å². The lowest BCUT2D eigenvalue weighted by molar-refractivity contribution is -0.146. The molecular weight excluding hydrogens is 516 g/mol. The summed E-state index contributed by atoms with van der Waals surface area (Å²) in [6, 6.07) is 10.8.